The van der Waals surface area contributed by atoms with E-state index in [9.17, 15) is 9.59 Å². The number of carbonyl (C=O) groups excluding carboxylic acids is 2. The molecule has 2 N–H and O–H groups in total. The summed E-state index contributed by atoms with van der Waals surface area (Å²) in [6.45, 7) is 3.83. The summed E-state index contributed by atoms with van der Waals surface area (Å²) < 4.78 is 0. The molecule has 3 heteroatoms. The second-order valence-electron chi connectivity index (χ2n) is 3.94. The van der Waals surface area contributed by atoms with Gasteiger partial charge >= 0.3 is 0 Å². The lowest BCUT2D eigenvalue weighted by Gasteiger charge is -2.28. The zero-order valence-electron chi connectivity index (χ0n) is 7.39. The summed E-state index contributed by atoms with van der Waals surface area (Å²) in [7, 11) is 0. The van der Waals surface area contributed by atoms with E-state index in [-0.39, 0.29) is 22.6 Å². The van der Waals surface area contributed by atoms with Gasteiger partial charge in [0.1, 0.15) is 0 Å². The van der Waals surface area contributed by atoms with E-state index in [4.69, 9.17) is 5.73 Å². The highest BCUT2D eigenvalue weighted by Crippen LogP contribution is 2.32. The Labute approximate surface area is 71.6 Å². The van der Waals surface area contributed by atoms with E-state index >= 15 is 0 Å². The summed E-state index contributed by atoms with van der Waals surface area (Å²) in [5.74, 6) is -0.252. The first-order chi connectivity index (χ1) is 5.46. The molecule has 1 aliphatic carbocycles. The molecule has 0 aromatic rings. The minimum Gasteiger partial charge on any atom is -0.404 e. The van der Waals surface area contributed by atoms with Crippen LogP contribution in [0.25, 0.3) is 0 Å². The molecular weight excluding hydrogens is 154 g/mol. The fourth-order valence-corrected chi connectivity index (χ4v) is 1.46. The number of carbonyl (C=O) groups is 2. The van der Waals surface area contributed by atoms with Gasteiger partial charge in [-0.25, -0.2) is 0 Å². The molecule has 3 nitrogen and oxygen atoms in total. The van der Waals surface area contributed by atoms with Crippen LogP contribution in [0.15, 0.2) is 11.8 Å². The van der Waals surface area contributed by atoms with Crippen molar-refractivity contribution in [2.24, 2.45) is 11.1 Å². The quantitative estimate of drug-likeness (QED) is 0.428. The van der Waals surface area contributed by atoms with E-state index in [1.54, 1.807) is 0 Å². The van der Waals surface area contributed by atoms with Crippen LogP contribution in [-0.2, 0) is 9.59 Å². The predicted octanol–water partition coefficient (Wildman–Crippen LogP) is 0.787. The number of hydrogen-bond acceptors (Lipinski definition) is 3. The van der Waals surface area contributed by atoms with Crippen molar-refractivity contribution in [3.63, 3.8) is 0 Å². The molecule has 12 heavy (non-hydrogen) atoms. The topological polar surface area (TPSA) is 60.2 Å². The zero-order valence-corrected chi connectivity index (χ0v) is 7.39. The van der Waals surface area contributed by atoms with Gasteiger partial charge in [0, 0.05) is 19.0 Å². The van der Waals surface area contributed by atoms with Gasteiger partial charge in [0.2, 0.25) is 0 Å². The third kappa shape index (κ3) is 1.55. The number of nitrogens with two attached hydrogens (primary N) is 1. The summed E-state index contributed by atoms with van der Waals surface area (Å²) in [6, 6.07) is 0. The smallest absolute Gasteiger partial charge is 0.168 e. The van der Waals surface area contributed by atoms with Crippen molar-refractivity contribution in [3.8, 4) is 0 Å². The van der Waals surface area contributed by atoms with Crippen molar-refractivity contribution in [1.29, 1.82) is 0 Å². The Morgan fingerprint density at radius 1 is 1.25 bits per heavy atom. The van der Waals surface area contributed by atoms with Gasteiger partial charge in [-0.1, -0.05) is 13.8 Å². The Morgan fingerprint density at radius 2 is 1.67 bits per heavy atom. The molecule has 0 saturated heterocycles. The lowest BCUT2D eigenvalue weighted by molar-refractivity contribution is -0.127. The van der Waals surface area contributed by atoms with Gasteiger partial charge in [-0.2, -0.15) is 0 Å². The lowest BCUT2D eigenvalue weighted by Crippen LogP contribution is -2.31. The molecule has 0 bridgehead atoms. The summed E-state index contributed by atoms with van der Waals surface area (Å²) in [4.78, 5) is 22.6. The molecular formula is C9H13NO2. The van der Waals surface area contributed by atoms with Crippen molar-refractivity contribution in [2.75, 3.05) is 0 Å². The van der Waals surface area contributed by atoms with Crippen LogP contribution in [0.2, 0.25) is 0 Å². The van der Waals surface area contributed by atoms with Crippen molar-refractivity contribution in [2.45, 2.75) is 26.7 Å². The Balaban J connectivity index is 2.93. The Bertz CT molecular complexity index is 242. The van der Waals surface area contributed by atoms with Crippen LogP contribution in [0.3, 0.4) is 0 Å². The zero-order chi connectivity index (χ0) is 9.35. The molecule has 0 radical (unpaired) electrons. The highest BCUT2D eigenvalue weighted by molar-refractivity contribution is 6.22. The van der Waals surface area contributed by atoms with E-state index in [1.165, 1.54) is 0 Å². The van der Waals surface area contributed by atoms with Crippen LogP contribution < -0.4 is 5.73 Å². The standard InChI is InChI=1S/C9H13NO2/c1-9(2)3-7(11)6(5-10)8(12)4-9/h5H,3-4,10H2,1-2H3. The van der Waals surface area contributed by atoms with Crippen LogP contribution in [0.1, 0.15) is 26.7 Å². The molecule has 0 spiro atoms. The van der Waals surface area contributed by atoms with Gasteiger partial charge in [-0.3, -0.25) is 9.59 Å². The molecule has 0 heterocycles. The fraction of sp³-hybridized carbons (Fsp3) is 0.556. The van der Waals surface area contributed by atoms with E-state index in [0.29, 0.717) is 12.8 Å². The number of rotatable bonds is 0. The second kappa shape index (κ2) is 2.73. The number of hydrogen-bond donors (Lipinski definition) is 1. The van der Waals surface area contributed by atoms with Crippen LogP contribution in [0.5, 0.6) is 0 Å². The number of Topliss-reactive ketones (excluding diaryl/α,β-unsaturated/α-hetero) is 2. The molecule has 0 unspecified atom stereocenters. The third-order valence-corrected chi connectivity index (χ3v) is 2.05. The predicted molar refractivity (Wildman–Crippen MR) is 45.3 cm³/mol. The van der Waals surface area contributed by atoms with Gasteiger partial charge in [-0.15, -0.1) is 0 Å². The van der Waals surface area contributed by atoms with Crippen LogP contribution in [0.4, 0.5) is 0 Å². The maximum atomic E-state index is 11.3. The second-order valence-corrected chi connectivity index (χ2v) is 3.94. The normalized spacial score (nSPS) is 22.7. The van der Waals surface area contributed by atoms with Crippen LogP contribution in [-0.4, -0.2) is 11.6 Å². The fourth-order valence-electron chi connectivity index (χ4n) is 1.46. The van der Waals surface area contributed by atoms with Gasteiger partial charge in [0.15, 0.2) is 11.6 Å². The minimum atomic E-state index is -0.194. The lowest BCUT2D eigenvalue weighted by atomic mass is 9.74. The van der Waals surface area contributed by atoms with Crippen LogP contribution >= 0.6 is 0 Å². The highest BCUT2D eigenvalue weighted by atomic mass is 16.1. The molecule has 0 aliphatic heterocycles. The van der Waals surface area contributed by atoms with Gasteiger partial charge in [-0.05, 0) is 5.41 Å². The Kier molecular flexibility index (Phi) is 2.04. The first kappa shape index (κ1) is 8.97. The third-order valence-electron chi connectivity index (χ3n) is 2.05. The molecule has 0 amide bonds. The first-order valence-corrected chi connectivity index (χ1v) is 3.94. The molecule has 1 fully saturated rings. The minimum absolute atomic E-state index is 0.126. The average molecular weight is 167 g/mol. The van der Waals surface area contributed by atoms with Crippen molar-refractivity contribution >= 4 is 11.6 Å². The van der Waals surface area contributed by atoms with Gasteiger partial charge in [0.25, 0.3) is 0 Å². The van der Waals surface area contributed by atoms with Crippen LogP contribution in [0, 0.1) is 5.41 Å². The molecule has 0 aromatic carbocycles. The van der Waals surface area contributed by atoms with Gasteiger partial charge in [0.05, 0.1) is 5.57 Å². The molecule has 0 atom stereocenters. The molecule has 1 aliphatic rings. The van der Waals surface area contributed by atoms with Crippen molar-refractivity contribution < 1.29 is 9.59 Å². The van der Waals surface area contributed by atoms with Crippen molar-refractivity contribution in [3.05, 3.63) is 11.8 Å². The maximum absolute atomic E-state index is 11.3. The summed E-state index contributed by atoms with van der Waals surface area (Å²) in [5.41, 5.74) is 5.15. The first-order valence-electron chi connectivity index (χ1n) is 3.94. The summed E-state index contributed by atoms with van der Waals surface area (Å²) in [6.07, 6.45) is 1.96. The molecule has 66 valence electrons. The molecule has 1 rings (SSSR count). The Hall–Kier alpha value is -1.12. The Morgan fingerprint density at radius 3 is 2.00 bits per heavy atom. The number of allylic oxidation sites excluding steroid dienone is 1. The monoisotopic (exact) mass is 167 g/mol. The molecule has 1 saturated carbocycles. The van der Waals surface area contributed by atoms with E-state index in [0.717, 1.165) is 6.20 Å². The average Bonchev–Trinajstić information content (AvgIpc) is 1.82. The van der Waals surface area contributed by atoms with E-state index in [1.807, 2.05) is 13.8 Å². The molecule has 0 aromatic heterocycles. The SMILES string of the molecule is CC1(C)CC(=O)C(=CN)C(=O)C1. The largest absolute Gasteiger partial charge is 0.404 e. The summed E-state index contributed by atoms with van der Waals surface area (Å²) in [5, 5.41) is 0. The van der Waals surface area contributed by atoms with E-state index in [2.05, 4.69) is 0 Å². The summed E-state index contributed by atoms with van der Waals surface area (Å²) >= 11 is 0. The highest BCUT2D eigenvalue weighted by Gasteiger charge is 2.35. The van der Waals surface area contributed by atoms with Crippen molar-refractivity contribution in [1.82, 2.24) is 0 Å². The number of ketones is 2. The maximum Gasteiger partial charge on any atom is 0.168 e. The van der Waals surface area contributed by atoms with E-state index < -0.39 is 0 Å². The van der Waals surface area contributed by atoms with Gasteiger partial charge < -0.3 is 5.73 Å².